The van der Waals surface area contributed by atoms with E-state index < -0.39 is 4.92 Å². The molecule has 1 atom stereocenters. The third-order valence-electron chi connectivity index (χ3n) is 4.17. The Hall–Kier alpha value is -2.99. The van der Waals surface area contributed by atoms with E-state index in [0.717, 1.165) is 23.1 Å². The molecule has 0 aliphatic rings. The van der Waals surface area contributed by atoms with Crippen LogP contribution in [0.5, 0.6) is 0 Å². The molecule has 0 aliphatic carbocycles. The Morgan fingerprint density at radius 3 is 2.64 bits per heavy atom. The van der Waals surface area contributed by atoms with Crippen LogP contribution in [0.4, 0.5) is 11.4 Å². The van der Waals surface area contributed by atoms with Crippen molar-refractivity contribution in [1.82, 2.24) is 4.98 Å². The standard InChI is InChI=1S/C19H19N3O3/c23-12-4-7-17(14-5-2-1-3-6-14)21-18-8-9-19(22(24)25)16-13-20-11-10-15(16)18/h1-3,5-6,8-11,13,17,21,23H,4,7,12H2. The lowest BCUT2D eigenvalue weighted by atomic mass is 10.0. The summed E-state index contributed by atoms with van der Waals surface area (Å²) in [6, 6.07) is 15.0. The zero-order valence-electron chi connectivity index (χ0n) is 13.6. The van der Waals surface area contributed by atoms with Gasteiger partial charge >= 0.3 is 0 Å². The second-order valence-electron chi connectivity index (χ2n) is 5.78. The van der Waals surface area contributed by atoms with Crippen LogP contribution in [0.1, 0.15) is 24.4 Å². The van der Waals surface area contributed by atoms with Gasteiger partial charge in [-0.05, 0) is 30.5 Å². The summed E-state index contributed by atoms with van der Waals surface area (Å²) >= 11 is 0. The summed E-state index contributed by atoms with van der Waals surface area (Å²) in [5.74, 6) is 0. The van der Waals surface area contributed by atoms with Crippen molar-refractivity contribution in [3.63, 3.8) is 0 Å². The molecule has 0 bridgehead atoms. The fraction of sp³-hybridized carbons (Fsp3) is 0.211. The van der Waals surface area contributed by atoms with Crippen molar-refractivity contribution in [2.24, 2.45) is 0 Å². The summed E-state index contributed by atoms with van der Waals surface area (Å²) in [5.41, 5.74) is 1.96. The Bertz CT molecular complexity index is 868. The van der Waals surface area contributed by atoms with E-state index in [9.17, 15) is 15.2 Å². The number of hydrogen-bond donors (Lipinski definition) is 2. The second-order valence-corrected chi connectivity index (χ2v) is 5.78. The molecule has 25 heavy (non-hydrogen) atoms. The summed E-state index contributed by atoms with van der Waals surface area (Å²) in [5, 5.41) is 25.2. The normalized spacial score (nSPS) is 12.0. The van der Waals surface area contributed by atoms with Gasteiger partial charge in [-0.3, -0.25) is 15.1 Å². The van der Waals surface area contributed by atoms with Gasteiger partial charge in [-0.25, -0.2) is 0 Å². The first-order chi connectivity index (χ1) is 12.2. The van der Waals surface area contributed by atoms with E-state index in [0.29, 0.717) is 11.8 Å². The van der Waals surface area contributed by atoms with Crippen molar-refractivity contribution in [3.8, 4) is 0 Å². The lowest BCUT2D eigenvalue weighted by Gasteiger charge is -2.21. The number of non-ortho nitro benzene ring substituents is 1. The number of nitro groups is 1. The SMILES string of the molecule is O=[N+]([O-])c1ccc(NC(CCCO)c2ccccc2)c2ccncc12. The molecule has 0 aliphatic heterocycles. The Balaban J connectivity index is 2.00. The lowest BCUT2D eigenvalue weighted by molar-refractivity contribution is -0.383. The highest BCUT2D eigenvalue weighted by Crippen LogP contribution is 2.33. The molecule has 1 aromatic heterocycles. The predicted molar refractivity (Wildman–Crippen MR) is 97.5 cm³/mol. The van der Waals surface area contributed by atoms with E-state index in [2.05, 4.69) is 10.3 Å². The molecule has 0 saturated heterocycles. The molecular weight excluding hydrogens is 318 g/mol. The highest BCUT2D eigenvalue weighted by Gasteiger charge is 2.17. The Morgan fingerprint density at radius 2 is 1.92 bits per heavy atom. The molecule has 2 aromatic carbocycles. The number of pyridine rings is 1. The lowest BCUT2D eigenvalue weighted by Crippen LogP contribution is -2.12. The van der Waals surface area contributed by atoms with Crippen molar-refractivity contribution in [2.75, 3.05) is 11.9 Å². The van der Waals surface area contributed by atoms with Crippen molar-refractivity contribution < 1.29 is 10.0 Å². The van der Waals surface area contributed by atoms with E-state index in [1.165, 1.54) is 12.3 Å². The molecule has 1 unspecified atom stereocenters. The van der Waals surface area contributed by atoms with E-state index in [4.69, 9.17) is 0 Å². The molecule has 0 amide bonds. The largest absolute Gasteiger partial charge is 0.396 e. The van der Waals surface area contributed by atoms with Gasteiger partial charge in [0.2, 0.25) is 0 Å². The zero-order chi connectivity index (χ0) is 17.6. The molecule has 2 N–H and O–H groups in total. The minimum atomic E-state index is -0.395. The Kier molecular flexibility index (Phi) is 5.20. The highest BCUT2D eigenvalue weighted by molar-refractivity contribution is 5.99. The Morgan fingerprint density at radius 1 is 1.12 bits per heavy atom. The number of nitro benzene ring substituents is 1. The fourth-order valence-corrected chi connectivity index (χ4v) is 2.95. The molecule has 128 valence electrons. The molecule has 0 spiro atoms. The highest BCUT2D eigenvalue weighted by atomic mass is 16.6. The molecule has 3 aromatic rings. The van der Waals surface area contributed by atoms with Gasteiger partial charge < -0.3 is 10.4 Å². The second kappa shape index (κ2) is 7.72. The van der Waals surface area contributed by atoms with Crippen LogP contribution in [0.2, 0.25) is 0 Å². The van der Waals surface area contributed by atoms with Gasteiger partial charge in [0.1, 0.15) is 0 Å². The number of rotatable bonds is 7. The Labute approximate surface area is 145 Å². The quantitative estimate of drug-likeness (QED) is 0.501. The minimum absolute atomic E-state index is 0.00571. The topological polar surface area (TPSA) is 88.3 Å². The maximum absolute atomic E-state index is 11.2. The number of anilines is 1. The minimum Gasteiger partial charge on any atom is -0.396 e. The summed E-state index contributed by atoms with van der Waals surface area (Å²) in [6.07, 6.45) is 4.56. The van der Waals surface area contributed by atoms with Gasteiger partial charge in [0, 0.05) is 36.1 Å². The molecular formula is C19H19N3O3. The number of nitrogens with one attached hydrogen (secondary N) is 1. The van der Waals surface area contributed by atoms with Crippen LogP contribution in [0.25, 0.3) is 10.8 Å². The van der Waals surface area contributed by atoms with Crippen LogP contribution < -0.4 is 5.32 Å². The molecule has 6 nitrogen and oxygen atoms in total. The maximum Gasteiger partial charge on any atom is 0.278 e. The smallest absolute Gasteiger partial charge is 0.278 e. The number of aromatic nitrogens is 1. The van der Waals surface area contributed by atoms with Crippen LogP contribution >= 0.6 is 0 Å². The number of fused-ring (bicyclic) bond motifs is 1. The monoisotopic (exact) mass is 337 g/mol. The van der Waals surface area contributed by atoms with Crippen molar-refractivity contribution in [1.29, 1.82) is 0 Å². The van der Waals surface area contributed by atoms with Gasteiger partial charge in [0.15, 0.2) is 0 Å². The van der Waals surface area contributed by atoms with E-state index >= 15 is 0 Å². The van der Waals surface area contributed by atoms with Gasteiger partial charge in [0.25, 0.3) is 5.69 Å². The summed E-state index contributed by atoms with van der Waals surface area (Å²) in [6.45, 7) is 0.121. The van der Waals surface area contributed by atoms with Crippen LogP contribution in [0, 0.1) is 10.1 Å². The average Bonchev–Trinajstić information content (AvgIpc) is 2.65. The first kappa shape index (κ1) is 16.9. The van der Waals surface area contributed by atoms with Crippen LogP contribution in [0.3, 0.4) is 0 Å². The number of aliphatic hydroxyl groups excluding tert-OH is 1. The molecule has 3 rings (SSSR count). The summed E-state index contributed by atoms with van der Waals surface area (Å²) in [7, 11) is 0. The third kappa shape index (κ3) is 3.75. The van der Waals surface area contributed by atoms with Crippen LogP contribution in [0.15, 0.2) is 60.9 Å². The average molecular weight is 337 g/mol. The summed E-state index contributed by atoms with van der Waals surface area (Å²) < 4.78 is 0. The van der Waals surface area contributed by atoms with E-state index in [1.54, 1.807) is 18.3 Å². The number of hydrogen-bond acceptors (Lipinski definition) is 5. The number of aliphatic hydroxyl groups is 1. The van der Waals surface area contributed by atoms with Crippen molar-refractivity contribution in [3.05, 3.63) is 76.6 Å². The van der Waals surface area contributed by atoms with Gasteiger partial charge in [0.05, 0.1) is 16.4 Å². The van der Waals surface area contributed by atoms with Gasteiger partial charge in [-0.2, -0.15) is 0 Å². The molecule has 1 heterocycles. The first-order valence-electron chi connectivity index (χ1n) is 8.14. The fourth-order valence-electron chi connectivity index (χ4n) is 2.95. The van der Waals surface area contributed by atoms with Crippen LogP contribution in [-0.4, -0.2) is 21.6 Å². The van der Waals surface area contributed by atoms with E-state index in [-0.39, 0.29) is 18.3 Å². The zero-order valence-corrected chi connectivity index (χ0v) is 13.6. The summed E-state index contributed by atoms with van der Waals surface area (Å²) in [4.78, 5) is 14.9. The molecule has 0 fully saturated rings. The number of nitrogens with zero attached hydrogens (tertiary/aromatic N) is 2. The molecule has 6 heteroatoms. The first-order valence-corrected chi connectivity index (χ1v) is 8.14. The van der Waals surface area contributed by atoms with Crippen molar-refractivity contribution >= 4 is 22.1 Å². The molecule has 0 saturated carbocycles. The van der Waals surface area contributed by atoms with Gasteiger partial charge in [-0.1, -0.05) is 30.3 Å². The van der Waals surface area contributed by atoms with Gasteiger partial charge in [-0.15, -0.1) is 0 Å². The predicted octanol–water partition coefficient (Wildman–Crippen LogP) is 4.07. The van der Waals surface area contributed by atoms with E-state index in [1.807, 2.05) is 30.3 Å². The van der Waals surface area contributed by atoms with Crippen molar-refractivity contribution in [2.45, 2.75) is 18.9 Å². The maximum atomic E-state index is 11.2. The van der Waals surface area contributed by atoms with Crippen LogP contribution in [-0.2, 0) is 0 Å². The number of benzene rings is 2. The molecule has 0 radical (unpaired) electrons. The third-order valence-corrected chi connectivity index (χ3v) is 4.17.